The first-order chi connectivity index (χ1) is 16.2. The summed E-state index contributed by atoms with van der Waals surface area (Å²) in [6, 6.07) is 12.1. The number of rotatable bonds is 6. The van der Waals surface area contributed by atoms with Crippen molar-refractivity contribution in [1.29, 1.82) is 0 Å². The van der Waals surface area contributed by atoms with Gasteiger partial charge in [0.25, 0.3) is 5.91 Å². The van der Waals surface area contributed by atoms with E-state index in [4.69, 9.17) is 11.6 Å². The van der Waals surface area contributed by atoms with E-state index >= 15 is 0 Å². The van der Waals surface area contributed by atoms with Gasteiger partial charge in [-0.1, -0.05) is 11.6 Å². The predicted octanol–water partition coefficient (Wildman–Crippen LogP) is 4.84. The van der Waals surface area contributed by atoms with Crippen molar-refractivity contribution >= 4 is 40.7 Å². The van der Waals surface area contributed by atoms with Gasteiger partial charge in [0.15, 0.2) is 0 Å². The third-order valence-electron chi connectivity index (χ3n) is 5.37. The molecule has 1 heterocycles. The van der Waals surface area contributed by atoms with Crippen LogP contribution >= 0.6 is 11.6 Å². The second-order valence-electron chi connectivity index (χ2n) is 7.93. The second-order valence-corrected chi connectivity index (χ2v) is 8.36. The van der Waals surface area contributed by atoms with E-state index < -0.39 is 0 Å². The maximum Gasteiger partial charge on any atom is 0.257 e. The molecule has 3 N–H and O–H groups in total. The number of nitrogens with zero attached hydrogens (tertiary/aromatic N) is 3. The summed E-state index contributed by atoms with van der Waals surface area (Å²) >= 11 is 6.09. The van der Waals surface area contributed by atoms with Crippen LogP contribution < -0.4 is 16.0 Å². The molecule has 2 amide bonds. The van der Waals surface area contributed by atoms with Gasteiger partial charge in [0.05, 0.1) is 12.2 Å². The molecule has 0 spiro atoms. The molecule has 0 aliphatic carbocycles. The normalized spacial score (nSPS) is 11.3. The monoisotopic (exact) mass is 480 g/mol. The summed E-state index contributed by atoms with van der Waals surface area (Å²) in [5.74, 6) is -0.194. The summed E-state index contributed by atoms with van der Waals surface area (Å²) in [6.07, 6.45) is 0. The van der Waals surface area contributed by atoms with Gasteiger partial charge in [-0.25, -0.2) is 4.99 Å². The summed E-state index contributed by atoms with van der Waals surface area (Å²) in [7, 11) is 0. The highest BCUT2D eigenvalue weighted by Crippen LogP contribution is 2.20. The van der Waals surface area contributed by atoms with Gasteiger partial charge in [-0.15, -0.1) is 0 Å². The first-order valence-electron chi connectivity index (χ1n) is 11.0. The van der Waals surface area contributed by atoms with Crippen molar-refractivity contribution < 1.29 is 9.59 Å². The number of carbonyl (C=O) groups is 2. The van der Waals surface area contributed by atoms with Crippen LogP contribution in [0.2, 0.25) is 5.02 Å². The molecule has 0 radical (unpaired) electrons. The molecule has 0 saturated heterocycles. The van der Waals surface area contributed by atoms with Gasteiger partial charge >= 0.3 is 0 Å². The molecular formula is C25H29ClN6O2. The van der Waals surface area contributed by atoms with E-state index in [9.17, 15) is 9.59 Å². The quantitative estimate of drug-likeness (QED) is 0.347. The maximum absolute atomic E-state index is 13.0. The molecule has 34 heavy (non-hydrogen) atoms. The highest BCUT2D eigenvalue weighted by atomic mass is 35.5. The molecule has 0 aliphatic heterocycles. The van der Waals surface area contributed by atoms with Crippen LogP contribution in [0.5, 0.6) is 0 Å². The van der Waals surface area contributed by atoms with Crippen molar-refractivity contribution in [3.63, 3.8) is 0 Å². The topological polar surface area (TPSA) is 100 Å². The highest BCUT2D eigenvalue weighted by Gasteiger charge is 2.14. The van der Waals surface area contributed by atoms with Crippen LogP contribution in [-0.4, -0.2) is 27.6 Å². The average molecular weight is 481 g/mol. The Bertz CT molecular complexity index is 1230. The number of carbonyl (C=O) groups excluding carboxylic acids is 2. The summed E-state index contributed by atoms with van der Waals surface area (Å²) in [5.41, 5.74) is 5.72. The van der Waals surface area contributed by atoms with Gasteiger partial charge in [-0.3, -0.25) is 19.6 Å². The van der Waals surface area contributed by atoms with Crippen LogP contribution in [0.15, 0.2) is 47.5 Å². The summed E-state index contributed by atoms with van der Waals surface area (Å²) < 4.78 is 1.94. The van der Waals surface area contributed by atoms with Crippen LogP contribution in [0.4, 0.5) is 11.4 Å². The van der Waals surface area contributed by atoms with E-state index in [0.717, 1.165) is 34.7 Å². The van der Waals surface area contributed by atoms with Crippen molar-refractivity contribution in [2.75, 3.05) is 10.6 Å². The molecule has 0 aliphatic rings. The van der Waals surface area contributed by atoms with E-state index in [-0.39, 0.29) is 11.8 Å². The molecule has 178 valence electrons. The van der Waals surface area contributed by atoms with Crippen LogP contribution in [0.3, 0.4) is 0 Å². The number of guanidine groups is 1. The zero-order valence-electron chi connectivity index (χ0n) is 20.0. The van der Waals surface area contributed by atoms with E-state index in [1.807, 2.05) is 44.5 Å². The van der Waals surface area contributed by atoms with Crippen molar-refractivity contribution in [2.24, 2.45) is 4.99 Å². The summed E-state index contributed by atoms with van der Waals surface area (Å²) in [6.45, 7) is 10.5. The molecule has 1 aromatic heterocycles. The molecular weight excluding hydrogens is 452 g/mol. The molecule has 0 unspecified atom stereocenters. The molecule has 0 bridgehead atoms. The summed E-state index contributed by atoms with van der Waals surface area (Å²) in [5, 5.41) is 13.9. The molecule has 3 rings (SSSR count). The molecule has 9 heteroatoms. The smallest absolute Gasteiger partial charge is 0.257 e. The van der Waals surface area contributed by atoms with Gasteiger partial charge in [0.1, 0.15) is 0 Å². The Balaban J connectivity index is 1.86. The Morgan fingerprint density at radius 3 is 2.35 bits per heavy atom. The van der Waals surface area contributed by atoms with Crippen molar-refractivity contribution in [2.45, 2.75) is 47.7 Å². The number of aromatic nitrogens is 2. The zero-order valence-corrected chi connectivity index (χ0v) is 20.7. The minimum absolute atomic E-state index is 0.175. The number of hydrogen-bond acceptors (Lipinski definition) is 4. The summed E-state index contributed by atoms with van der Waals surface area (Å²) in [4.78, 5) is 28.9. The molecule has 0 atom stereocenters. The molecule has 8 nitrogen and oxygen atoms in total. The van der Waals surface area contributed by atoms with Crippen LogP contribution in [0, 0.1) is 20.8 Å². The fraction of sp³-hybridized carbons (Fsp3) is 0.280. The van der Waals surface area contributed by atoms with E-state index in [2.05, 4.69) is 26.0 Å². The number of nitrogens with one attached hydrogen (secondary N) is 3. The number of aliphatic imine (C=N–C) groups is 1. The lowest BCUT2D eigenvalue weighted by Crippen LogP contribution is -2.36. The minimum atomic E-state index is -0.329. The molecule has 0 saturated carbocycles. The first kappa shape index (κ1) is 25.0. The van der Waals surface area contributed by atoms with Crippen LogP contribution in [-0.2, 0) is 17.9 Å². The average Bonchev–Trinajstić information content (AvgIpc) is 3.06. The number of halogens is 1. The van der Waals surface area contributed by atoms with Gasteiger partial charge in [-0.05, 0) is 75.7 Å². The molecule has 0 fully saturated rings. The van der Waals surface area contributed by atoms with Crippen LogP contribution in [0.1, 0.15) is 46.7 Å². The standard InChI is InChI=1S/C25H29ClN6O2/c1-6-32-17(4)22(16(3)31-32)14-27-25(29-23-12-9-20(26)13-15(23)2)30-24(34)19-7-10-21(11-8-19)28-18(5)33/h7-13H,6,14H2,1-5H3,(H,28,33)(H2,27,29,30,34). The van der Waals surface area contributed by atoms with E-state index in [1.165, 1.54) is 6.92 Å². The predicted molar refractivity (Wildman–Crippen MR) is 137 cm³/mol. The molecule has 3 aromatic rings. The van der Waals surface area contributed by atoms with Gasteiger partial charge in [0, 0.05) is 46.7 Å². The van der Waals surface area contributed by atoms with Gasteiger partial charge < -0.3 is 10.6 Å². The number of aryl methyl sites for hydroxylation is 3. The fourth-order valence-corrected chi connectivity index (χ4v) is 3.75. The Morgan fingerprint density at radius 1 is 1.06 bits per heavy atom. The number of benzene rings is 2. The van der Waals surface area contributed by atoms with Gasteiger partial charge in [-0.2, -0.15) is 5.10 Å². The minimum Gasteiger partial charge on any atom is -0.326 e. The number of amides is 2. The highest BCUT2D eigenvalue weighted by molar-refractivity contribution is 6.30. The first-order valence-corrected chi connectivity index (χ1v) is 11.3. The lowest BCUT2D eigenvalue weighted by molar-refractivity contribution is -0.114. The Kier molecular flexibility index (Phi) is 8.07. The zero-order chi connectivity index (χ0) is 24.8. The second kappa shape index (κ2) is 11.0. The van der Waals surface area contributed by atoms with Gasteiger partial charge in [0.2, 0.25) is 11.9 Å². The SMILES string of the molecule is CCn1nc(C)c(CN=C(NC(=O)c2ccc(NC(C)=O)cc2)Nc2ccc(Cl)cc2C)c1C. The molecule has 2 aromatic carbocycles. The third-order valence-corrected chi connectivity index (χ3v) is 5.60. The third kappa shape index (κ3) is 6.23. The number of anilines is 2. The fourth-order valence-electron chi connectivity index (χ4n) is 3.52. The van der Waals surface area contributed by atoms with E-state index in [0.29, 0.717) is 28.8 Å². The number of hydrogen-bond donors (Lipinski definition) is 3. The van der Waals surface area contributed by atoms with Crippen molar-refractivity contribution in [3.8, 4) is 0 Å². The maximum atomic E-state index is 13.0. The Morgan fingerprint density at radius 2 is 1.76 bits per heavy atom. The van der Waals surface area contributed by atoms with Crippen molar-refractivity contribution in [1.82, 2.24) is 15.1 Å². The largest absolute Gasteiger partial charge is 0.326 e. The Hall–Kier alpha value is -3.65. The lowest BCUT2D eigenvalue weighted by Gasteiger charge is -2.14. The Labute approximate surface area is 204 Å². The van der Waals surface area contributed by atoms with Crippen molar-refractivity contribution in [3.05, 3.63) is 75.6 Å². The lowest BCUT2D eigenvalue weighted by atomic mass is 10.2. The van der Waals surface area contributed by atoms with E-state index in [1.54, 1.807) is 30.3 Å². The van der Waals surface area contributed by atoms with Crippen LogP contribution in [0.25, 0.3) is 0 Å².